The smallest absolute Gasteiger partial charge is 0.259 e. The van der Waals surface area contributed by atoms with Crippen LogP contribution >= 0.6 is 0 Å². The highest BCUT2D eigenvalue weighted by Crippen LogP contribution is 2.26. The Morgan fingerprint density at radius 2 is 2.17 bits per heavy atom. The Morgan fingerprint density at radius 3 is 2.50 bits per heavy atom. The van der Waals surface area contributed by atoms with Crippen LogP contribution in [0.5, 0.6) is 0 Å². The van der Waals surface area contributed by atoms with Crippen LogP contribution in [0.2, 0.25) is 0 Å². The Hall–Kier alpha value is -0.670. The van der Waals surface area contributed by atoms with Crippen molar-refractivity contribution in [1.29, 1.82) is 0 Å². The van der Waals surface area contributed by atoms with Gasteiger partial charge in [-0.2, -0.15) is 8.42 Å². The van der Waals surface area contributed by atoms with E-state index in [0.29, 0.717) is 0 Å². The van der Waals surface area contributed by atoms with Gasteiger partial charge in [0.25, 0.3) is 16.5 Å². The quantitative estimate of drug-likeness (QED) is 0.445. The van der Waals surface area contributed by atoms with Crippen LogP contribution < -0.4 is 0 Å². The zero-order valence-electron chi connectivity index (χ0n) is 5.91. The van der Waals surface area contributed by atoms with Crippen molar-refractivity contribution in [3.8, 4) is 12.3 Å². The van der Waals surface area contributed by atoms with Gasteiger partial charge in [0, 0.05) is 0 Å². The lowest BCUT2D eigenvalue weighted by Crippen LogP contribution is -2.24. The van der Waals surface area contributed by atoms with Crippen LogP contribution in [-0.2, 0) is 14.3 Å². The fourth-order valence-corrected chi connectivity index (χ4v) is 2.31. The van der Waals surface area contributed by atoms with Crippen molar-refractivity contribution in [2.45, 2.75) is 12.5 Å². The maximum absolute atomic E-state index is 12.0. The van der Waals surface area contributed by atoms with Gasteiger partial charge in [0.2, 0.25) is 0 Å². The molecule has 0 aromatic heterocycles. The Labute approximate surface area is 68.8 Å². The molecular formula is C6H6F2O3S. The van der Waals surface area contributed by atoms with E-state index in [0.717, 1.165) is 0 Å². The summed E-state index contributed by atoms with van der Waals surface area (Å²) in [5, 5.41) is 0. The van der Waals surface area contributed by atoms with E-state index < -0.39 is 34.3 Å². The van der Waals surface area contributed by atoms with Crippen molar-refractivity contribution >= 4 is 10.1 Å². The molecule has 12 heavy (non-hydrogen) atoms. The van der Waals surface area contributed by atoms with Gasteiger partial charge >= 0.3 is 0 Å². The molecule has 1 heterocycles. The van der Waals surface area contributed by atoms with Gasteiger partial charge in [-0.25, -0.2) is 8.78 Å². The van der Waals surface area contributed by atoms with E-state index in [2.05, 4.69) is 4.18 Å². The SMILES string of the molecule is C#CC1CS(=O)(=O)OC1C(F)F. The van der Waals surface area contributed by atoms with Gasteiger partial charge in [-0.1, -0.05) is 5.92 Å². The van der Waals surface area contributed by atoms with Gasteiger partial charge in [-0.3, -0.25) is 4.18 Å². The van der Waals surface area contributed by atoms with Crippen molar-refractivity contribution in [3.63, 3.8) is 0 Å². The molecule has 0 aromatic carbocycles. The Morgan fingerprint density at radius 1 is 1.58 bits per heavy atom. The third kappa shape index (κ3) is 1.73. The van der Waals surface area contributed by atoms with E-state index in [1.54, 1.807) is 0 Å². The average Bonchev–Trinajstić information content (AvgIpc) is 2.25. The molecule has 0 saturated carbocycles. The Kier molecular flexibility index (Phi) is 2.35. The summed E-state index contributed by atoms with van der Waals surface area (Å²) >= 11 is 0. The number of hydrogen-bond acceptors (Lipinski definition) is 3. The highest BCUT2D eigenvalue weighted by Gasteiger charge is 2.43. The molecule has 0 N–H and O–H groups in total. The van der Waals surface area contributed by atoms with Crippen molar-refractivity contribution in [2.24, 2.45) is 5.92 Å². The average molecular weight is 196 g/mol. The van der Waals surface area contributed by atoms with Gasteiger partial charge in [0.05, 0.1) is 11.7 Å². The van der Waals surface area contributed by atoms with E-state index in [1.165, 1.54) is 0 Å². The highest BCUT2D eigenvalue weighted by molar-refractivity contribution is 7.87. The first kappa shape index (κ1) is 9.42. The molecule has 1 saturated heterocycles. The van der Waals surface area contributed by atoms with Gasteiger partial charge in [-0.05, 0) is 0 Å². The van der Waals surface area contributed by atoms with Gasteiger partial charge in [0.1, 0.15) is 0 Å². The number of alkyl halides is 2. The molecule has 0 radical (unpaired) electrons. The molecule has 0 aliphatic carbocycles. The van der Waals surface area contributed by atoms with Crippen molar-refractivity contribution < 1.29 is 21.4 Å². The zero-order chi connectivity index (χ0) is 9.35. The lowest BCUT2D eigenvalue weighted by molar-refractivity contribution is 0.0124. The molecule has 6 heteroatoms. The predicted molar refractivity (Wildman–Crippen MR) is 37.0 cm³/mol. The molecule has 0 bridgehead atoms. The molecular weight excluding hydrogens is 190 g/mol. The monoisotopic (exact) mass is 196 g/mol. The summed E-state index contributed by atoms with van der Waals surface area (Å²) < 4.78 is 49.5. The summed E-state index contributed by atoms with van der Waals surface area (Å²) in [7, 11) is -3.82. The maximum atomic E-state index is 12.0. The van der Waals surface area contributed by atoms with Gasteiger partial charge in [0.15, 0.2) is 6.10 Å². The zero-order valence-corrected chi connectivity index (χ0v) is 6.72. The maximum Gasteiger partial charge on any atom is 0.269 e. The van der Waals surface area contributed by atoms with Crippen molar-refractivity contribution in [2.75, 3.05) is 5.75 Å². The number of terminal acetylenes is 1. The minimum absolute atomic E-state index is 0.515. The van der Waals surface area contributed by atoms with Crippen LogP contribution in [0.15, 0.2) is 0 Å². The molecule has 1 aliphatic rings. The molecule has 0 amide bonds. The van der Waals surface area contributed by atoms with E-state index in [9.17, 15) is 17.2 Å². The summed E-state index contributed by atoms with van der Waals surface area (Å²) in [5.41, 5.74) is 0. The van der Waals surface area contributed by atoms with E-state index >= 15 is 0 Å². The van der Waals surface area contributed by atoms with E-state index in [-0.39, 0.29) is 0 Å². The fraction of sp³-hybridized carbons (Fsp3) is 0.667. The largest absolute Gasteiger partial charge is 0.269 e. The first-order valence-electron chi connectivity index (χ1n) is 3.11. The number of hydrogen-bond donors (Lipinski definition) is 0. The minimum atomic E-state index is -3.82. The highest BCUT2D eigenvalue weighted by atomic mass is 32.2. The van der Waals surface area contributed by atoms with Crippen LogP contribution in [0, 0.1) is 18.3 Å². The lowest BCUT2D eigenvalue weighted by Gasteiger charge is -2.08. The molecule has 1 fully saturated rings. The molecule has 68 valence electrons. The number of halogens is 2. The van der Waals surface area contributed by atoms with Crippen LogP contribution in [0.4, 0.5) is 8.78 Å². The lowest BCUT2D eigenvalue weighted by atomic mass is 10.1. The Bertz CT molecular complexity index is 303. The number of rotatable bonds is 1. The van der Waals surface area contributed by atoms with Crippen LogP contribution in [0.3, 0.4) is 0 Å². The van der Waals surface area contributed by atoms with E-state index in [4.69, 9.17) is 6.42 Å². The summed E-state index contributed by atoms with van der Waals surface area (Å²) in [5.74, 6) is 0.419. The summed E-state index contributed by atoms with van der Waals surface area (Å²) in [6, 6.07) is 0. The standard InChI is InChI=1S/C6H6F2O3S/c1-2-4-3-12(9,10)11-5(4)6(7)8/h1,4-6H,3H2. The second kappa shape index (κ2) is 2.99. The molecule has 1 rings (SSSR count). The summed E-state index contributed by atoms with van der Waals surface area (Å²) in [6.45, 7) is 0. The van der Waals surface area contributed by atoms with Crippen LogP contribution in [0.1, 0.15) is 0 Å². The second-order valence-corrected chi connectivity index (χ2v) is 4.03. The molecule has 0 aromatic rings. The van der Waals surface area contributed by atoms with Crippen LogP contribution in [0.25, 0.3) is 0 Å². The fourth-order valence-electron chi connectivity index (χ4n) is 0.951. The van der Waals surface area contributed by atoms with Crippen molar-refractivity contribution in [3.05, 3.63) is 0 Å². The van der Waals surface area contributed by atoms with Gasteiger partial charge in [-0.15, -0.1) is 6.42 Å². The second-order valence-electron chi connectivity index (χ2n) is 2.39. The van der Waals surface area contributed by atoms with Gasteiger partial charge < -0.3 is 0 Å². The normalized spacial score (nSPS) is 33.5. The third-order valence-corrected chi connectivity index (χ3v) is 2.78. The molecule has 1 aliphatic heterocycles. The first-order valence-corrected chi connectivity index (χ1v) is 4.69. The topological polar surface area (TPSA) is 43.4 Å². The predicted octanol–water partition coefficient (Wildman–Crippen LogP) is 0.230. The third-order valence-electron chi connectivity index (χ3n) is 1.50. The van der Waals surface area contributed by atoms with Crippen molar-refractivity contribution in [1.82, 2.24) is 0 Å². The Balaban J connectivity index is 2.86. The summed E-state index contributed by atoms with van der Waals surface area (Å²) in [4.78, 5) is 0. The van der Waals surface area contributed by atoms with E-state index in [1.807, 2.05) is 5.92 Å². The molecule has 3 nitrogen and oxygen atoms in total. The molecule has 2 unspecified atom stereocenters. The van der Waals surface area contributed by atoms with Crippen LogP contribution in [-0.4, -0.2) is 26.7 Å². The molecule has 0 spiro atoms. The first-order chi connectivity index (χ1) is 5.46. The summed E-state index contributed by atoms with van der Waals surface area (Å²) in [6.07, 6.45) is 0.331. The minimum Gasteiger partial charge on any atom is -0.259 e. The molecule has 2 atom stereocenters.